The van der Waals surface area contributed by atoms with Crippen LogP contribution in [-0.4, -0.2) is 19.1 Å². The first-order chi connectivity index (χ1) is 10.3. The Morgan fingerprint density at radius 1 is 1.19 bits per heavy atom. The third-order valence-electron chi connectivity index (χ3n) is 4.53. The van der Waals surface area contributed by atoms with Crippen LogP contribution in [0.15, 0.2) is 48.2 Å². The van der Waals surface area contributed by atoms with Gasteiger partial charge in [0.2, 0.25) is 0 Å². The SMILES string of the molecule is C/C=C\NC1C=C(Cc2ccc(N3CCCC3)cc2)CC1. The summed E-state index contributed by atoms with van der Waals surface area (Å²) in [4.78, 5) is 2.50. The van der Waals surface area contributed by atoms with Crippen LogP contribution in [0.4, 0.5) is 5.69 Å². The number of nitrogens with zero attached hydrogens (tertiary/aromatic N) is 1. The number of nitrogens with one attached hydrogen (secondary N) is 1. The predicted octanol–water partition coefficient (Wildman–Crippen LogP) is 4.04. The quantitative estimate of drug-likeness (QED) is 0.820. The van der Waals surface area contributed by atoms with Crippen molar-refractivity contribution in [1.29, 1.82) is 0 Å². The van der Waals surface area contributed by atoms with Crippen LogP contribution in [0, 0.1) is 0 Å². The van der Waals surface area contributed by atoms with Crippen LogP contribution < -0.4 is 10.2 Å². The van der Waals surface area contributed by atoms with Gasteiger partial charge < -0.3 is 10.2 Å². The first-order valence-corrected chi connectivity index (χ1v) is 8.26. The Morgan fingerprint density at radius 2 is 1.95 bits per heavy atom. The maximum atomic E-state index is 3.43. The van der Waals surface area contributed by atoms with E-state index in [1.165, 1.54) is 50.0 Å². The highest BCUT2D eigenvalue weighted by atomic mass is 15.1. The molecule has 2 nitrogen and oxygen atoms in total. The molecule has 21 heavy (non-hydrogen) atoms. The van der Waals surface area contributed by atoms with Crippen molar-refractivity contribution < 1.29 is 0 Å². The fraction of sp³-hybridized carbons (Fsp3) is 0.474. The maximum absolute atomic E-state index is 3.43. The number of benzene rings is 1. The van der Waals surface area contributed by atoms with Gasteiger partial charge >= 0.3 is 0 Å². The Morgan fingerprint density at radius 3 is 2.67 bits per heavy atom. The molecule has 1 aliphatic heterocycles. The molecule has 112 valence electrons. The van der Waals surface area contributed by atoms with E-state index < -0.39 is 0 Å². The first-order valence-electron chi connectivity index (χ1n) is 8.26. The Kier molecular flexibility index (Phi) is 4.64. The van der Waals surface area contributed by atoms with E-state index in [-0.39, 0.29) is 0 Å². The summed E-state index contributed by atoms with van der Waals surface area (Å²) >= 11 is 0. The number of hydrogen-bond donors (Lipinski definition) is 1. The second-order valence-corrected chi connectivity index (χ2v) is 6.17. The van der Waals surface area contributed by atoms with Crippen LogP contribution in [0.2, 0.25) is 0 Å². The van der Waals surface area contributed by atoms with Crippen molar-refractivity contribution >= 4 is 5.69 Å². The monoisotopic (exact) mass is 282 g/mol. The van der Waals surface area contributed by atoms with Crippen molar-refractivity contribution in [3.63, 3.8) is 0 Å². The Hall–Kier alpha value is -1.70. The molecule has 0 aromatic heterocycles. The van der Waals surface area contributed by atoms with E-state index in [9.17, 15) is 0 Å². The summed E-state index contributed by atoms with van der Waals surface area (Å²) in [6, 6.07) is 9.74. The minimum absolute atomic E-state index is 0.528. The molecular formula is C19H26N2. The van der Waals surface area contributed by atoms with E-state index in [1.54, 1.807) is 5.57 Å². The van der Waals surface area contributed by atoms with Crippen LogP contribution in [0.25, 0.3) is 0 Å². The molecule has 1 atom stereocenters. The van der Waals surface area contributed by atoms with E-state index in [1.807, 2.05) is 0 Å². The Bertz CT molecular complexity index is 507. The Labute approximate surface area is 128 Å². The minimum atomic E-state index is 0.528. The molecule has 0 amide bonds. The highest BCUT2D eigenvalue weighted by Gasteiger charge is 2.15. The van der Waals surface area contributed by atoms with Gasteiger partial charge in [0.1, 0.15) is 0 Å². The summed E-state index contributed by atoms with van der Waals surface area (Å²) in [6.07, 6.45) is 12.8. The van der Waals surface area contributed by atoms with Gasteiger partial charge in [-0.3, -0.25) is 0 Å². The molecule has 0 bridgehead atoms. The van der Waals surface area contributed by atoms with Gasteiger partial charge in [-0.1, -0.05) is 29.9 Å². The molecule has 1 heterocycles. The predicted molar refractivity (Wildman–Crippen MR) is 90.6 cm³/mol. The zero-order valence-corrected chi connectivity index (χ0v) is 13.0. The highest BCUT2D eigenvalue weighted by Crippen LogP contribution is 2.25. The second-order valence-electron chi connectivity index (χ2n) is 6.17. The average Bonchev–Trinajstić information content (AvgIpc) is 3.17. The summed E-state index contributed by atoms with van der Waals surface area (Å²) in [5.74, 6) is 0. The summed E-state index contributed by atoms with van der Waals surface area (Å²) < 4.78 is 0. The maximum Gasteiger partial charge on any atom is 0.0444 e. The summed E-state index contributed by atoms with van der Waals surface area (Å²) in [5.41, 5.74) is 4.41. The molecule has 0 radical (unpaired) electrons. The normalized spacial score (nSPS) is 22.0. The summed E-state index contributed by atoms with van der Waals surface area (Å²) in [5, 5.41) is 3.43. The van der Waals surface area contributed by atoms with Gasteiger partial charge in [-0.15, -0.1) is 0 Å². The van der Waals surface area contributed by atoms with Gasteiger partial charge in [0, 0.05) is 24.8 Å². The van der Waals surface area contributed by atoms with Crippen molar-refractivity contribution in [2.24, 2.45) is 0 Å². The van der Waals surface area contributed by atoms with Crippen molar-refractivity contribution in [2.45, 2.75) is 45.1 Å². The van der Waals surface area contributed by atoms with Crippen molar-refractivity contribution in [3.8, 4) is 0 Å². The largest absolute Gasteiger partial charge is 0.385 e. The van der Waals surface area contributed by atoms with E-state index in [2.05, 4.69) is 59.8 Å². The van der Waals surface area contributed by atoms with Crippen LogP contribution in [-0.2, 0) is 6.42 Å². The van der Waals surface area contributed by atoms with Crippen LogP contribution in [0.1, 0.15) is 38.2 Å². The third-order valence-corrected chi connectivity index (χ3v) is 4.53. The third kappa shape index (κ3) is 3.69. The van der Waals surface area contributed by atoms with Crippen LogP contribution >= 0.6 is 0 Å². The molecule has 0 saturated carbocycles. The van der Waals surface area contributed by atoms with Gasteiger partial charge in [0.15, 0.2) is 0 Å². The van der Waals surface area contributed by atoms with Gasteiger partial charge in [0.05, 0.1) is 0 Å². The van der Waals surface area contributed by atoms with E-state index in [4.69, 9.17) is 0 Å². The van der Waals surface area contributed by atoms with E-state index >= 15 is 0 Å². The molecule has 2 aliphatic rings. The smallest absolute Gasteiger partial charge is 0.0444 e. The molecular weight excluding hydrogens is 256 g/mol. The molecule has 1 aromatic carbocycles. The fourth-order valence-electron chi connectivity index (χ4n) is 3.35. The fourth-order valence-corrected chi connectivity index (χ4v) is 3.35. The zero-order chi connectivity index (χ0) is 14.5. The lowest BCUT2D eigenvalue weighted by Gasteiger charge is -2.17. The molecule has 1 aliphatic carbocycles. The zero-order valence-electron chi connectivity index (χ0n) is 13.0. The van der Waals surface area contributed by atoms with Gasteiger partial charge in [0.25, 0.3) is 0 Å². The van der Waals surface area contributed by atoms with E-state index in [0.717, 1.165) is 6.42 Å². The molecule has 1 fully saturated rings. The molecule has 1 saturated heterocycles. The lowest BCUT2D eigenvalue weighted by atomic mass is 10.0. The molecule has 3 rings (SSSR count). The minimum Gasteiger partial charge on any atom is -0.385 e. The molecule has 1 N–H and O–H groups in total. The van der Waals surface area contributed by atoms with Gasteiger partial charge in [-0.25, -0.2) is 0 Å². The number of allylic oxidation sites excluding steroid dienone is 2. The standard InChI is InChI=1S/C19H26N2/c1-2-11-20-18-8-5-17(15-18)14-16-6-9-19(10-7-16)21-12-3-4-13-21/h2,6-7,9-11,15,18,20H,3-5,8,12-14H2,1H3/b11-2-. The van der Waals surface area contributed by atoms with Gasteiger partial charge in [-0.05, 0) is 62.9 Å². The summed E-state index contributed by atoms with van der Waals surface area (Å²) in [6.45, 7) is 4.50. The highest BCUT2D eigenvalue weighted by molar-refractivity contribution is 5.48. The second kappa shape index (κ2) is 6.84. The lowest BCUT2D eigenvalue weighted by Crippen LogP contribution is -2.18. The molecule has 1 unspecified atom stereocenters. The van der Waals surface area contributed by atoms with Crippen molar-refractivity contribution in [1.82, 2.24) is 5.32 Å². The molecule has 2 heteroatoms. The van der Waals surface area contributed by atoms with Crippen molar-refractivity contribution in [3.05, 3.63) is 53.8 Å². The van der Waals surface area contributed by atoms with Crippen LogP contribution in [0.3, 0.4) is 0 Å². The van der Waals surface area contributed by atoms with Gasteiger partial charge in [-0.2, -0.15) is 0 Å². The molecule has 0 spiro atoms. The van der Waals surface area contributed by atoms with Crippen molar-refractivity contribution in [2.75, 3.05) is 18.0 Å². The van der Waals surface area contributed by atoms with E-state index in [0.29, 0.717) is 6.04 Å². The molecule has 1 aromatic rings. The average molecular weight is 282 g/mol. The number of anilines is 1. The Balaban J connectivity index is 1.58. The topological polar surface area (TPSA) is 15.3 Å². The lowest BCUT2D eigenvalue weighted by molar-refractivity contribution is 0.676. The number of hydrogen-bond acceptors (Lipinski definition) is 2. The first kappa shape index (κ1) is 14.2. The van der Waals surface area contributed by atoms with Crippen LogP contribution in [0.5, 0.6) is 0 Å². The number of rotatable bonds is 5. The summed E-state index contributed by atoms with van der Waals surface area (Å²) in [7, 11) is 0.